The van der Waals surface area contributed by atoms with Crippen LogP contribution in [0.25, 0.3) is 0 Å². The molecular formula is C15H18BrNOS. The predicted octanol–water partition coefficient (Wildman–Crippen LogP) is 5.47. The van der Waals surface area contributed by atoms with Gasteiger partial charge in [0.25, 0.3) is 0 Å². The smallest absolute Gasteiger partial charge is 0.121 e. The second-order valence-electron chi connectivity index (χ2n) is 4.38. The van der Waals surface area contributed by atoms with Crippen LogP contribution in [0.2, 0.25) is 0 Å². The van der Waals surface area contributed by atoms with Crippen LogP contribution in [0.4, 0.5) is 5.69 Å². The summed E-state index contributed by atoms with van der Waals surface area (Å²) in [4.78, 5) is 1.31. The Hall–Kier alpha value is -1.000. The van der Waals surface area contributed by atoms with Gasteiger partial charge in [-0.15, -0.1) is 11.3 Å². The molecule has 0 aliphatic heterocycles. The maximum atomic E-state index is 5.64. The minimum Gasteiger partial charge on any atom is -0.494 e. The molecule has 2 nitrogen and oxygen atoms in total. The third kappa shape index (κ3) is 4.25. The van der Waals surface area contributed by atoms with Gasteiger partial charge in [0.1, 0.15) is 5.75 Å². The number of hydrogen-bond acceptors (Lipinski definition) is 3. The average Bonchev–Trinajstić information content (AvgIpc) is 2.83. The highest BCUT2D eigenvalue weighted by molar-refractivity contribution is 9.11. The Morgan fingerprint density at radius 1 is 1.32 bits per heavy atom. The van der Waals surface area contributed by atoms with Crippen molar-refractivity contribution in [2.45, 2.75) is 26.3 Å². The van der Waals surface area contributed by atoms with Crippen LogP contribution in [0.5, 0.6) is 5.75 Å². The highest BCUT2D eigenvalue weighted by Gasteiger charge is 2.08. The monoisotopic (exact) mass is 339 g/mol. The lowest BCUT2D eigenvalue weighted by Gasteiger charge is -2.14. The molecule has 1 aromatic carbocycles. The number of benzene rings is 1. The van der Waals surface area contributed by atoms with Crippen LogP contribution < -0.4 is 10.1 Å². The summed E-state index contributed by atoms with van der Waals surface area (Å²) in [5, 5.41) is 3.50. The van der Waals surface area contributed by atoms with Crippen molar-refractivity contribution in [1.82, 2.24) is 0 Å². The molecule has 0 aliphatic rings. The molecule has 0 aliphatic carbocycles. The van der Waals surface area contributed by atoms with E-state index in [-0.39, 0.29) is 6.04 Å². The number of nitrogens with one attached hydrogen (secondary N) is 1. The quantitative estimate of drug-likeness (QED) is 0.753. The van der Waals surface area contributed by atoms with Crippen molar-refractivity contribution < 1.29 is 4.74 Å². The molecule has 0 bridgehead atoms. The second kappa shape index (κ2) is 6.96. The molecule has 0 fully saturated rings. The van der Waals surface area contributed by atoms with E-state index in [1.807, 2.05) is 12.1 Å². The Bertz CT molecular complexity index is 526. The molecule has 1 atom stereocenters. The summed E-state index contributed by atoms with van der Waals surface area (Å²) in [6, 6.07) is 12.6. The number of hydrogen-bond donors (Lipinski definition) is 1. The molecule has 0 radical (unpaired) electrons. The van der Waals surface area contributed by atoms with E-state index in [0.29, 0.717) is 0 Å². The van der Waals surface area contributed by atoms with Crippen molar-refractivity contribution in [3.05, 3.63) is 45.1 Å². The first-order valence-electron chi connectivity index (χ1n) is 6.43. The normalized spacial score (nSPS) is 12.2. The third-order valence-corrected chi connectivity index (χ3v) is 4.52. The molecule has 0 amide bonds. The van der Waals surface area contributed by atoms with E-state index in [1.165, 1.54) is 4.88 Å². The summed E-state index contributed by atoms with van der Waals surface area (Å²) >= 11 is 5.25. The second-order valence-corrected chi connectivity index (χ2v) is 6.88. The molecule has 102 valence electrons. The standard InChI is InChI=1S/C15H18BrNOS/c1-3-9-18-13-6-4-5-12(10-13)17-11(2)14-7-8-15(16)19-14/h4-8,10-11,17H,3,9H2,1-2H3. The maximum absolute atomic E-state index is 5.64. The topological polar surface area (TPSA) is 21.3 Å². The molecule has 1 unspecified atom stereocenters. The zero-order valence-electron chi connectivity index (χ0n) is 11.2. The first kappa shape index (κ1) is 14.4. The Balaban J connectivity index is 2.02. The summed E-state index contributed by atoms with van der Waals surface area (Å²) in [6.07, 6.45) is 1.03. The number of halogens is 1. The molecule has 2 aromatic rings. The van der Waals surface area contributed by atoms with Gasteiger partial charge in [-0.1, -0.05) is 13.0 Å². The van der Waals surface area contributed by atoms with Crippen LogP contribution in [0, 0.1) is 0 Å². The van der Waals surface area contributed by atoms with Crippen LogP contribution in [-0.2, 0) is 0 Å². The van der Waals surface area contributed by atoms with Gasteiger partial charge in [-0.25, -0.2) is 0 Å². The van der Waals surface area contributed by atoms with Crippen molar-refractivity contribution in [1.29, 1.82) is 0 Å². The van der Waals surface area contributed by atoms with Gasteiger partial charge in [0, 0.05) is 16.6 Å². The van der Waals surface area contributed by atoms with Gasteiger partial charge in [0.15, 0.2) is 0 Å². The van der Waals surface area contributed by atoms with Crippen molar-refractivity contribution in [3.63, 3.8) is 0 Å². The Kier molecular flexibility index (Phi) is 5.28. The molecule has 19 heavy (non-hydrogen) atoms. The van der Waals surface area contributed by atoms with Gasteiger partial charge >= 0.3 is 0 Å². The SMILES string of the molecule is CCCOc1cccc(NC(C)c2ccc(Br)s2)c1. The largest absolute Gasteiger partial charge is 0.494 e. The van der Waals surface area contributed by atoms with Gasteiger partial charge in [0.05, 0.1) is 16.4 Å². The lowest BCUT2D eigenvalue weighted by molar-refractivity contribution is 0.317. The van der Waals surface area contributed by atoms with Crippen LogP contribution >= 0.6 is 27.3 Å². The van der Waals surface area contributed by atoms with Crippen molar-refractivity contribution in [2.75, 3.05) is 11.9 Å². The van der Waals surface area contributed by atoms with E-state index in [9.17, 15) is 0 Å². The lowest BCUT2D eigenvalue weighted by atomic mass is 10.2. The average molecular weight is 340 g/mol. The highest BCUT2D eigenvalue weighted by atomic mass is 79.9. The Labute approximate surface area is 126 Å². The fourth-order valence-electron chi connectivity index (χ4n) is 1.78. The van der Waals surface area contributed by atoms with E-state index in [1.54, 1.807) is 11.3 Å². The summed E-state index contributed by atoms with van der Waals surface area (Å²) < 4.78 is 6.81. The first-order chi connectivity index (χ1) is 9.19. The van der Waals surface area contributed by atoms with Crippen LogP contribution in [0.3, 0.4) is 0 Å². The van der Waals surface area contributed by atoms with E-state index in [0.717, 1.165) is 28.3 Å². The van der Waals surface area contributed by atoms with Gasteiger partial charge in [-0.05, 0) is 53.5 Å². The highest BCUT2D eigenvalue weighted by Crippen LogP contribution is 2.30. The zero-order chi connectivity index (χ0) is 13.7. The number of anilines is 1. The maximum Gasteiger partial charge on any atom is 0.121 e. The van der Waals surface area contributed by atoms with E-state index in [4.69, 9.17) is 4.74 Å². The van der Waals surface area contributed by atoms with Crippen molar-refractivity contribution >= 4 is 33.0 Å². The van der Waals surface area contributed by atoms with Gasteiger partial charge in [-0.3, -0.25) is 0 Å². The fraction of sp³-hybridized carbons (Fsp3) is 0.333. The molecule has 0 saturated heterocycles. The van der Waals surface area contributed by atoms with Crippen molar-refractivity contribution in [2.24, 2.45) is 0 Å². The lowest BCUT2D eigenvalue weighted by Crippen LogP contribution is -2.05. The van der Waals surface area contributed by atoms with E-state index >= 15 is 0 Å². The van der Waals surface area contributed by atoms with Crippen LogP contribution in [-0.4, -0.2) is 6.61 Å². The first-order valence-corrected chi connectivity index (χ1v) is 8.04. The molecular weight excluding hydrogens is 322 g/mol. The fourth-order valence-corrected chi connectivity index (χ4v) is 3.20. The van der Waals surface area contributed by atoms with Crippen molar-refractivity contribution in [3.8, 4) is 5.75 Å². The van der Waals surface area contributed by atoms with E-state index < -0.39 is 0 Å². The molecule has 2 rings (SSSR count). The summed E-state index contributed by atoms with van der Waals surface area (Å²) in [5.41, 5.74) is 1.09. The van der Waals surface area contributed by atoms with Crippen LogP contribution in [0.1, 0.15) is 31.2 Å². The Morgan fingerprint density at radius 3 is 2.84 bits per heavy atom. The summed E-state index contributed by atoms with van der Waals surface area (Å²) in [5.74, 6) is 0.923. The summed E-state index contributed by atoms with van der Waals surface area (Å²) in [7, 11) is 0. The molecule has 4 heteroatoms. The minimum atomic E-state index is 0.290. The molecule has 0 saturated carbocycles. The van der Waals surface area contributed by atoms with Crippen LogP contribution in [0.15, 0.2) is 40.2 Å². The number of ether oxygens (including phenoxy) is 1. The molecule has 1 heterocycles. The third-order valence-electron chi connectivity index (χ3n) is 2.71. The molecule has 0 spiro atoms. The van der Waals surface area contributed by atoms with Gasteiger partial charge < -0.3 is 10.1 Å². The van der Waals surface area contributed by atoms with Gasteiger partial charge in [-0.2, -0.15) is 0 Å². The molecule has 1 aromatic heterocycles. The van der Waals surface area contributed by atoms with E-state index in [2.05, 4.69) is 59.4 Å². The Morgan fingerprint density at radius 2 is 2.16 bits per heavy atom. The molecule has 1 N–H and O–H groups in total. The summed E-state index contributed by atoms with van der Waals surface area (Å²) in [6.45, 7) is 5.04. The number of rotatable bonds is 6. The predicted molar refractivity (Wildman–Crippen MR) is 86.3 cm³/mol. The van der Waals surface area contributed by atoms with Gasteiger partial charge in [0.2, 0.25) is 0 Å². The zero-order valence-corrected chi connectivity index (χ0v) is 13.6. The minimum absolute atomic E-state index is 0.290. The number of thiophene rings is 1.